The van der Waals surface area contributed by atoms with Crippen molar-refractivity contribution in [3.8, 4) is 0 Å². The molecule has 4 heterocycles. The third kappa shape index (κ3) is 4.87. The first kappa shape index (κ1) is 21.5. The predicted molar refractivity (Wildman–Crippen MR) is 131 cm³/mol. The molecular formula is C23H26N8OS. The molecule has 1 saturated heterocycles. The summed E-state index contributed by atoms with van der Waals surface area (Å²) in [6.07, 6.45) is 3.10. The van der Waals surface area contributed by atoms with Crippen LogP contribution in [0.2, 0.25) is 0 Å². The second-order valence-electron chi connectivity index (χ2n) is 8.31. The fourth-order valence-electron chi connectivity index (χ4n) is 3.91. The molecular weight excluding hydrogens is 436 g/mol. The van der Waals surface area contributed by atoms with Gasteiger partial charge in [0.2, 0.25) is 0 Å². The first-order chi connectivity index (χ1) is 16.0. The number of aryl methyl sites for hydroxylation is 1. The fraction of sp³-hybridized carbons (Fsp3) is 0.304. The van der Waals surface area contributed by atoms with Crippen molar-refractivity contribution in [3.05, 3.63) is 59.0 Å². The van der Waals surface area contributed by atoms with E-state index in [2.05, 4.69) is 59.8 Å². The Hall–Kier alpha value is -3.34. The van der Waals surface area contributed by atoms with Gasteiger partial charge >= 0.3 is 0 Å². The largest absolute Gasteiger partial charge is 0.336 e. The zero-order valence-corrected chi connectivity index (χ0v) is 19.4. The summed E-state index contributed by atoms with van der Waals surface area (Å²) in [7, 11) is 2.16. The zero-order valence-electron chi connectivity index (χ0n) is 18.6. The number of H-pyrrole nitrogens is 1. The van der Waals surface area contributed by atoms with E-state index in [9.17, 15) is 4.79 Å². The summed E-state index contributed by atoms with van der Waals surface area (Å²) in [5, 5.41) is 13.9. The molecule has 1 aromatic carbocycles. The minimum Gasteiger partial charge on any atom is -0.336 e. The highest BCUT2D eigenvalue weighted by Gasteiger charge is 2.17. The van der Waals surface area contributed by atoms with Gasteiger partial charge in [0.1, 0.15) is 22.7 Å². The molecule has 3 N–H and O–H groups in total. The number of carbonyl (C=O) groups is 1. The van der Waals surface area contributed by atoms with Crippen molar-refractivity contribution >= 4 is 44.7 Å². The molecule has 0 spiro atoms. The van der Waals surface area contributed by atoms with Crippen molar-refractivity contribution in [1.82, 2.24) is 30.0 Å². The van der Waals surface area contributed by atoms with Crippen LogP contribution in [-0.4, -0.2) is 69.1 Å². The number of rotatable bonds is 6. The second-order valence-corrected chi connectivity index (χ2v) is 9.55. The van der Waals surface area contributed by atoms with Crippen molar-refractivity contribution in [2.45, 2.75) is 13.5 Å². The lowest BCUT2D eigenvalue weighted by molar-refractivity contribution is 0.102. The standard InChI is InChI=1S/C23H26N8OS/c1-15-11-18-21(24-14-25-23(18)33-15)28-19-12-26-29-20(19)22(32)27-17-5-3-16(4-6-17)13-31-9-7-30(2)8-10-31/h3-6,11-12,14H,7-10,13H2,1-2H3,(H,26,29)(H,27,32)(H,24,25,28). The Balaban J connectivity index is 1.25. The SMILES string of the molecule is Cc1cc2c(Nc3cn[nH]c3C(=O)Nc3ccc(CN4CCN(C)CC4)cc3)ncnc2s1. The Morgan fingerprint density at radius 3 is 2.73 bits per heavy atom. The number of aromatic amines is 1. The summed E-state index contributed by atoms with van der Waals surface area (Å²) >= 11 is 1.60. The molecule has 1 aliphatic rings. The highest BCUT2D eigenvalue weighted by molar-refractivity contribution is 7.18. The quantitative estimate of drug-likeness (QED) is 0.403. The number of thiophene rings is 1. The second kappa shape index (κ2) is 9.26. The third-order valence-electron chi connectivity index (χ3n) is 5.79. The van der Waals surface area contributed by atoms with E-state index in [-0.39, 0.29) is 5.91 Å². The number of amides is 1. The van der Waals surface area contributed by atoms with E-state index in [1.807, 2.05) is 25.1 Å². The number of benzene rings is 1. The summed E-state index contributed by atoms with van der Waals surface area (Å²) in [5.74, 6) is 0.377. The first-order valence-electron chi connectivity index (χ1n) is 10.9. The Kier molecular flexibility index (Phi) is 6.03. The number of carbonyl (C=O) groups excluding carboxylic acids is 1. The van der Waals surface area contributed by atoms with Crippen LogP contribution in [0.1, 0.15) is 20.9 Å². The summed E-state index contributed by atoms with van der Waals surface area (Å²) in [4.78, 5) is 28.4. The minimum absolute atomic E-state index is 0.270. The molecule has 1 fully saturated rings. The smallest absolute Gasteiger partial charge is 0.275 e. The first-order valence-corrected chi connectivity index (χ1v) is 11.7. The minimum atomic E-state index is -0.270. The van der Waals surface area contributed by atoms with Gasteiger partial charge in [-0.2, -0.15) is 5.10 Å². The molecule has 0 bridgehead atoms. The van der Waals surface area contributed by atoms with Crippen LogP contribution in [0.4, 0.5) is 17.2 Å². The highest BCUT2D eigenvalue weighted by atomic mass is 32.1. The molecule has 5 rings (SSSR count). The van der Waals surface area contributed by atoms with Crippen LogP contribution >= 0.6 is 11.3 Å². The topological polar surface area (TPSA) is 102 Å². The summed E-state index contributed by atoms with van der Waals surface area (Å²) in [6.45, 7) is 7.31. The summed E-state index contributed by atoms with van der Waals surface area (Å²) < 4.78 is 0. The van der Waals surface area contributed by atoms with Crippen molar-refractivity contribution < 1.29 is 4.79 Å². The van der Waals surface area contributed by atoms with E-state index < -0.39 is 0 Å². The number of fused-ring (bicyclic) bond motifs is 1. The zero-order chi connectivity index (χ0) is 22.8. The average Bonchev–Trinajstić information content (AvgIpc) is 3.43. The monoisotopic (exact) mass is 462 g/mol. The van der Waals surface area contributed by atoms with Gasteiger partial charge in [-0.05, 0) is 37.7 Å². The van der Waals surface area contributed by atoms with E-state index in [0.29, 0.717) is 17.2 Å². The summed E-state index contributed by atoms with van der Waals surface area (Å²) in [5.41, 5.74) is 2.87. The molecule has 0 unspecified atom stereocenters. The van der Waals surface area contributed by atoms with Gasteiger partial charge in [0, 0.05) is 43.3 Å². The van der Waals surface area contributed by atoms with Crippen molar-refractivity contribution in [3.63, 3.8) is 0 Å². The number of hydrogen-bond acceptors (Lipinski definition) is 8. The maximum absolute atomic E-state index is 12.9. The molecule has 9 nitrogen and oxygen atoms in total. The van der Waals surface area contributed by atoms with Crippen LogP contribution in [0.15, 0.2) is 42.9 Å². The van der Waals surface area contributed by atoms with Gasteiger partial charge in [0.05, 0.1) is 17.3 Å². The number of nitrogens with one attached hydrogen (secondary N) is 3. The lowest BCUT2D eigenvalue weighted by atomic mass is 10.1. The number of aromatic nitrogens is 4. The molecule has 170 valence electrons. The molecule has 33 heavy (non-hydrogen) atoms. The van der Waals surface area contributed by atoms with Crippen LogP contribution in [-0.2, 0) is 6.54 Å². The van der Waals surface area contributed by atoms with Crippen LogP contribution in [0.3, 0.4) is 0 Å². The number of hydrogen-bond donors (Lipinski definition) is 3. The van der Waals surface area contributed by atoms with Crippen LogP contribution in [0, 0.1) is 6.92 Å². The van der Waals surface area contributed by atoms with Gasteiger partial charge in [0.15, 0.2) is 0 Å². The predicted octanol–water partition coefficient (Wildman–Crippen LogP) is 3.47. The lowest BCUT2D eigenvalue weighted by Gasteiger charge is -2.32. The molecule has 4 aromatic rings. The van der Waals surface area contributed by atoms with Gasteiger partial charge in [-0.3, -0.25) is 14.8 Å². The number of likely N-dealkylation sites (N-methyl/N-ethyl adjacent to an activating group) is 1. The normalized spacial score (nSPS) is 15.1. The Morgan fingerprint density at radius 1 is 1.15 bits per heavy atom. The van der Waals surface area contributed by atoms with E-state index >= 15 is 0 Å². The molecule has 0 saturated carbocycles. The fourth-order valence-corrected chi connectivity index (χ4v) is 4.76. The molecule has 3 aromatic heterocycles. The molecule has 10 heteroatoms. The van der Waals surface area contributed by atoms with E-state index in [4.69, 9.17) is 0 Å². The Morgan fingerprint density at radius 2 is 1.94 bits per heavy atom. The highest BCUT2D eigenvalue weighted by Crippen LogP contribution is 2.30. The van der Waals surface area contributed by atoms with Crippen LogP contribution in [0.5, 0.6) is 0 Å². The van der Waals surface area contributed by atoms with Gasteiger partial charge in [-0.15, -0.1) is 11.3 Å². The van der Waals surface area contributed by atoms with Crippen molar-refractivity contribution in [2.75, 3.05) is 43.9 Å². The number of piperazine rings is 1. The van der Waals surface area contributed by atoms with Crippen LogP contribution in [0.25, 0.3) is 10.2 Å². The Bertz CT molecular complexity index is 1260. The number of nitrogens with zero attached hydrogens (tertiary/aromatic N) is 5. The van der Waals surface area contributed by atoms with Crippen molar-refractivity contribution in [2.24, 2.45) is 0 Å². The van der Waals surface area contributed by atoms with Crippen LogP contribution < -0.4 is 10.6 Å². The van der Waals surface area contributed by atoms with Gasteiger partial charge in [-0.25, -0.2) is 9.97 Å². The average molecular weight is 463 g/mol. The van der Waals surface area contributed by atoms with Gasteiger partial charge in [0.25, 0.3) is 5.91 Å². The summed E-state index contributed by atoms with van der Waals surface area (Å²) in [6, 6.07) is 10.0. The molecule has 0 aliphatic carbocycles. The van der Waals surface area contributed by atoms with Crippen molar-refractivity contribution in [1.29, 1.82) is 0 Å². The third-order valence-corrected chi connectivity index (χ3v) is 6.74. The van der Waals surface area contributed by atoms with Gasteiger partial charge < -0.3 is 15.5 Å². The number of anilines is 3. The van der Waals surface area contributed by atoms with Gasteiger partial charge in [-0.1, -0.05) is 12.1 Å². The molecule has 0 atom stereocenters. The lowest BCUT2D eigenvalue weighted by Crippen LogP contribution is -2.43. The Labute approximate surface area is 195 Å². The molecule has 0 radical (unpaired) electrons. The maximum Gasteiger partial charge on any atom is 0.275 e. The van der Waals surface area contributed by atoms with E-state index in [1.165, 1.54) is 11.9 Å². The maximum atomic E-state index is 12.9. The molecule has 1 aliphatic heterocycles. The molecule has 1 amide bonds. The van der Waals surface area contributed by atoms with E-state index in [1.54, 1.807) is 17.5 Å². The van der Waals surface area contributed by atoms with E-state index in [0.717, 1.165) is 53.5 Å².